The number of hydrogen-bond acceptors (Lipinski definition) is 4. The van der Waals surface area contributed by atoms with Crippen LogP contribution in [0.4, 0.5) is 0 Å². The summed E-state index contributed by atoms with van der Waals surface area (Å²) in [5, 5.41) is 2.07. The van der Waals surface area contributed by atoms with Gasteiger partial charge in [-0.2, -0.15) is 0 Å². The number of nitrogens with two attached hydrogens (primary N) is 1. The molecule has 1 aromatic heterocycles. The van der Waals surface area contributed by atoms with Gasteiger partial charge in [-0.25, -0.2) is 0 Å². The van der Waals surface area contributed by atoms with Crippen LogP contribution in [-0.4, -0.2) is 24.5 Å². The Morgan fingerprint density at radius 2 is 2.54 bits per heavy atom. The zero-order valence-corrected chi connectivity index (χ0v) is 9.60. The molecule has 0 bridgehead atoms. The SMILES string of the molecule is CN1C(N)=NCC1c1sccc1Br. The summed E-state index contributed by atoms with van der Waals surface area (Å²) in [6, 6.07) is 2.37. The van der Waals surface area contributed by atoms with Crippen molar-refractivity contribution < 1.29 is 0 Å². The molecule has 0 amide bonds. The smallest absolute Gasteiger partial charge is 0.191 e. The molecule has 1 unspecified atom stereocenters. The summed E-state index contributed by atoms with van der Waals surface area (Å²) in [6.07, 6.45) is 0. The first-order valence-electron chi connectivity index (χ1n) is 3.96. The van der Waals surface area contributed by atoms with Gasteiger partial charge in [0.2, 0.25) is 0 Å². The Hall–Kier alpha value is -0.550. The Bertz CT molecular complexity index is 347. The molecule has 0 aromatic carbocycles. The lowest BCUT2D eigenvalue weighted by Gasteiger charge is -2.20. The third kappa shape index (κ3) is 1.46. The van der Waals surface area contributed by atoms with Crippen molar-refractivity contribution in [3.8, 4) is 0 Å². The Morgan fingerprint density at radius 1 is 1.77 bits per heavy atom. The Labute approximate surface area is 89.4 Å². The molecule has 1 aliphatic heterocycles. The number of thiophene rings is 1. The molecule has 0 saturated heterocycles. The van der Waals surface area contributed by atoms with Gasteiger partial charge in [0.1, 0.15) is 0 Å². The van der Waals surface area contributed by atoms with E-state index >= 15 is 0 Å². The third-order valence-electron chi connectivity index (χ3n) is 2.20. The fourth-order valence-electron chi connectivity index (χ4n) is 1.38. The lowest BCUT2D eigenvalue weighted by Crippen LogP contribution is -2.32. The molecular weight excluding hydrogens is 250 g/mol. The third-order valence-corrected chi connectivity index (χ3v) is 4.17. The summed E-state index contributed by atoms with van der Waals surface area (Å²) < 4.78 is 1.15. The molecule has 3 nitrogen and oxygen atoms in total. The van der Waals surface area contributed by atoms with E-state index in [0.717, 1.165) is 11.0 Å². The monoisotopic (exact) mass is 259 g/mol. The van der Waals surface area contributed by atoms with Gasteiger partial charge in [-0.15, -0.1) is 11.3 Å². The summed E-state index contributed by atoms with van der Waals surface area (Å²) in [5.41, 5.74) is 5.69. The first-order chi connectivity index (χ1) is 6.20. The van der Waals surface area contributed by atoms with Crippen LogP contribution in [0.25, 0.3) is 0 Å². The first kappa shape index (κ1) is 9.02. The van der Waals surface area contributed by atoms with Gasteiger partial charge in [-0.1, -0.05) is 0 Å². The Morgan fingerprint density at radius 3 is 3.00 bits per heavy atom. The summed E-state index contributed by atoms with van der Waals surface area (Å²) in [6.45, 7) is 0.765. The van der Waals surface area contributed by atoms with Crippen LogP contribution >= 0.6 is 27.3 Å². The normalized spacial score (nSPS) is 22.2. The summed E-state index contributed by atoms with van der Waals surface area (Å²) in [5.74, 6) is 0.630. The van der Waals surface area contributed by atoms with E-state index in [-0.39, 0.29) is 0 Å². The molecule has 0 saturated carbocycles. The van der Waals surface area contributed by atoms with Crippen molar-refractivity contribution in [2.45, 2.75) is 6.04 Å². The van der Waals surface area contributed by atoms with E-state index in [0.29, 0.717) is 12.0 Å². The van der Waals surface area contributed by atoms with E-state index in [1.54, 1.807) is 11.3 Å². The lowest BCUT2D eigenvalue weighted by molar-refractivity contribution is 0.419. The van der Waals surface area contributed by atoms with E-state index in [1.807, 2.05) is 11.9 Å². The minimum Gasteiger partial charge on any atom is -0.370 e. The number of rotatable bonds is 1. The molecule has 0 spiro atoms. The molecule has 0 radical (unpaired) electrons. The van der Waals surface area contributed by atoms with E-state index in [1.165, 1.54) is 4.88 Å². The zero-order valence-electron chi connectivity index (χ0n) is 7.20. The van der Waals surface area contributed by atoms with Crippen LogP contribution in [0.3, 0.4) is 0 Å². The minimum atomic E-state index is 0.314. The molecule has 70 valence electrons. The number of nitrogens with zero attached hydrogens (tertiary/aromatic N) is 2. The highest BCUT2D eigenvalue weighted by molar-refractivity contribution is 9.10. The molecule has 13 heavy (non-hydrogen) atoms. The van der Waals surface area contributed by atoms with E-state index in [9.17, 15) is 0 Å². The second kappa shape index (κ2) is 3.31. The number of aliphatic imine (C=N–C) groups is 1. The summed E-state index contributed by atoms with van der Waals surface area (Å²) >= 11 is 5.25. The van der Waals surface area contributed by atoms with Gasteiger partial charge in [0, 0.05) is 16.4 Å². The van der Waals surface area contributed by atoms with Crippen molar-refractivity contribution >= 4 is 33.2 Å². The maximum atomic E-state index is 5.69. The molecule has 1 aliphatic rings. The Balaban J connectivity index is 2.26. The molecule has 2 rings (SSSR count). The van der Waals surface area contributed by atoms with Gasteiger partial charge in [-0.05, 0) is 27.4 Å². The Kier molecular flexibility index (Phi) is 2.29. The van der Waals surface area contributed by atoms with Gasteiger partial charge >= 0.3 is 0 Å². The second-order valence-electron chi connectivity index (χ2n) is 2.96. The van der Waals surface area contributed by atoms with Gasteiger partial charge in [0.05, 0.1) is 12.6 Å². The van der Waals surface area contributed by atoms with Crippen molar-refractivity contribution in [2.24, 2.45) is 10.7 Å². The standard InChI is InChI=1S/C8H10BrN3S/c1-12-6(4-11-8(12)10)7-5(9)2-3-13-7/h2-3,6H,4H2,1H3,(H2,10,11). The van der Waals surface area contributed by atoms with Gasteiger partial charge in [0.25, 0.3) is 0 Å². The molecule has 2 heterocycles. The quantitative estimate of drug-likeness (QED) is 0.836. The molecule has 1 aromatic rings. The van der Waals surface area contributed by atoms with E-state index in [2.05, 4.69) is 32.4 Å². The molecule has 0 aliphatic carbocycles. The van der Waals surface area contributed by atoms with Crippen molar-refractivity contribution in [1.29, 1.82) is 0 Å². The molecule has 0 fully saturated rings. The number of hydrogen-bond donors (Lipinski definition) is 1. The van der Waals surface area contributed by atoms with Crippen LogP contribution < -0.4 is 5.73 Å². The average molecular weight is 260 g/mol. The zero-order chi connectivity index (χ0) is 9.42. The predicted octanol–water partition coefficient (Wildman–Crippen LogP) is 1.81. The van der Waals surface area contributed by atoms with Gasteiger partial charge in [0.15, 0.2) is 5.96 Å². The minimum absolute atomic E-state index is 0.314. The van der Waals surface area contributed by atoms with Crippen molar-refractivity contribution in [1.82, 2.24) is 4.90 Å². The number of halogens is 1. The second-order valence-corrected chi connectivity index (χ2v) is 4.76. The highest BCUT2D eigenvalue weighted by Crippen LogP contribution is 2.34. The maximum absolute atomic E-state index is 5.69. The lowest BCUT2D eigenvalue weighted by atomic mass is 10.2. The van der Waals surface area contributed by atoms with Crippen LogP contribution in [0.2, 0.25) is 0 Å². The topological polar surface area (TPSA) is 41.6 Å². The summed E-state index contributed by atoms with van der Waals surface area (Å²) in [7, 11) is 1.97. The predicted molar refractivity (Wildman–Crippen MR) is 59.0 cm³/mol. The van der Waals surface area contributed by atoms with E-state index in [4.69, 9.17) is 5.73 Å². The average Bonchev–Trinajstić information content (AvgIpc) is 2.62. The molecule has 1 atom stereocenters. The number of likely N-dealkylation sites (N-methyl/N-ethyl adjacent to an activating group) is 1. The molecule has 2 N–H and O–H groups in total. The fourth-order valence-corrected chi connectivity index (χ4v) is 3.15. The largest absolute Gasteiger partial charge is 0.370 e. The highest BCUT2D eigenvalue weighted by Gasteiger charge is 2.26. The van der Waals surface area contributed by atoms with Crippen LogP contribution in [0, 0.1) is 0 Å². The van der Waals surface area contributed by atoms with Gasteiger partial charge in [-0.3, -0.25) is 4.99 Å². The van der Waals surface area contributed by atoms with Crippen molar-refractivity contribution in [2.75, 3.05) is 13.6 Å². The number of guanidine groups is 1. The van der Waals surface area contributed by atoms with Crippen LogP contribution in [0.15, 0.2) is 20.9 Å². The maximum Gasteiger partial charge on any atom is 0.191 e. The first-order valence-corrected chi connectivity index (χ1v) is 5.63. The molecule has 5 heteroatoms. The van der Waals surface area contributed by atoms with E-state index < -0.39 is 0 Å². The van der Waals surface area contributed by atoms with Gasteiger partial charge < -0.3 is 10.6 Å². The van der Waals surface area contributed by atoms with Crippen LogP contribution in [0.5, 0.6) is 0 Å². The highest BCUT2D eigenvalue weighted by atomic mass is 79.9. The van der Waals surface area contributed by atoms with Crippen LogP contribution in [0.1, 0.15) is 10.9 Å². The van der Waals surface area contributed by atoms with Crippen molar-refractivity contribution in [3.63, 3.8) is 0 Å². The fraction of sp³-hybridized carbons (Fsp3) is 0.375. The van der Waals surface area contributed by atoms with Crippen LogP contribution in [-0.2, 0) is 0 Å². The summed E-state index contributed by atoms with van der Waals surface area (Å²) in [4.78, 5) is 7.51. The molecular formula is C8H10BrN3S. The van der Waals surface area contributed by atoms with Crippen molar-refractivity contribution in [3.05, 3.63) is 20.8 Å².